The third-order valence-electron chi connectivity index (χ3n) is 4.84. The molecule has 0 radical (unpaired) electrons. The van der Waals surface area contributed by atoms with E-state index < -0.39 is 0 Å². The number of imidazole rings is 1. The van der Waals surface area contributed by atoms with Crippen LogP contribution in [0.4, 0.5) is 5.82 Å². The number of nitrogen functional groups attached to an aromatic ring is 1. The van der Waals surface area contributed by atoms with Crippen molar-refractivity contribution in [3.8, 4) is 21.8 Å². The van der Waals surface area contributed by atoms with Crippen LogP contribution in [0.2, 0.25) is 0 Å². The summed E-state index contributed by atoms with van der Waals surface area (Å²) in [4.78, 5) is 15.3. The molecule has 2 N–H and O–H groups in total. The molecule has 26 heavy (non-hydrogen) atoms. The number of hydrogen-bond acceptors (Lipinski definition) is 5. The Morgan fingerprint density at radius 1 is 1.04 bits per heavy atom. The minimum Gasteiger partial charge on any atom is -0.383 e. The number of thiophene rings is 1. The summed E-state index contributed by atoms with van der Waals surface area (Å²) in [6.45, 7) is 6.68. The van der Waals surface area contributed by atoms with E-state index >= 15 is 0 Å². The summed E-state index contributed by atoms with van der Waals surface area (Å²) < 4.78 is 2.27. The monoisotopic (exact) mass is 363 g/mol. The molecule has 1 atom stereocenters. The molecule has 0 aliphatic rings. The Morgan fingerprint density at radius 3 is 2.50 bits per heavy atom. The van der Waals surface area contributed by atoms with E-state index in [1.807, 2.05) is 24.5 Å². The number of rotatable bonds is 4. The molecule has 0 bridgehead atoms. The van der Waals surface area contributed by atoms with Crippen LogP contribution in [0.1, 0.15) is 26.8 Å². The van der Waals surface area contributed by atoms with Crippen molar-refractivity contribution in [1.82, 2.24) is 19.5 Å². The largest absolute Gasteiger partial charge is 0.383 e. The Labute approximate surface area is 156 Å². The predicted molar refractivity (Wildman–Crippen MR) is 108 cm³/mol. The molecule has 132 valence electrons. The van der Waals surface area contributed by atoms with Crippen LogP contribution in [0.15, 0.2) is 49.1 Å². The molecule has 3 aromatic heterocycles. The molecule has 0 aliphatic heterocycles. The van der Waals surface area contributed by atoms with Gasteiger partial charge in [-0.2, -0.15) is 0 Å². The standard InChI is InChI=1S/C20H21N5S/c1-12(2)13(3)25-11-24-17(14-7-5-4-6-8-14)18(25)16-9-15-19(21)22-10-23-20(15)26-16/h4-13H,1-3H3,(H2,21,22,23). The minimum atomic E-state index is 0.323. The van der Waals surface area contributed by atoms with Crippen LogP contribution in [0, 0.1) is 5.92 Å². The molecule has 5 nitrogen and oxygen atoms in total. The van der Waals surface area contributed by atoms with Gasteiger partial charge in [-0.1, -0.05) is 44.2 Å². The molecule has 0 spiro atoms. The van der Waals surface area contributed by atoms with Gasteiger partial charge in [0.1, 0.15) is 17.0 Å². The topological polar surface area (TPSA) is 69.6 Å². The summed E-state index contributed by atoms with van der Waals surface area (Å²) in [6.07, 6.45) is 3.46. The molecule has 0 fully saturated rings. The first kappa shape index (κ1) is 16.7. The van der Waals surface area contributed by atoms with Crippen molar-refractivity contribution in [1.29, 1.82) is 0 Å². The molecule has 1 aromatic carbocycles. The summed E-state index contributed by atoms with van der Waals surface area (Å²) >= 11 is 1.63. The molecule has 0 saturated carbocycles. The second-order valence-corrected chi connectivity index (χ2v) is 7.82. The van der Waals surface area contributed by atoms with Crippen LogP contribution in [-0.4, -0.2) is 19.5 Å². The van der Waals surface area contributed by atoms with Gasteiger partial charge in [-0.25, -0.2) is 15.0 Å². The molecule has 6 heteroatoms. The van der Waals surface area contributed by atoms with Gasteiger partial charge >= 0.3 is 0 Å². The molecule has 0 saturated heterocycles. The van der Waals surface area contributed by atoms with Crippen LogP contribution >= 0.6 is 11.3 Å². The fourth-order valence-electron chi connectivity index (χ4n) is 3.03. The lowest BCUT2D eigenvalue weighted by Crippen LogP contribution is -2.11. The highest BCUT2D eigenvalue weighted by Gasteiger charge is 2.22. The van der Waals surface area contributed by atoms with E-state index in [2.05, 4.69) is 53.5 Å². The average molecular weight is 363 g/mol. The molecule has 1 unspecified atom stereocenters. The fourth-order valence-corrected chi connectivity index (χ4v) is 4.09. The Bertz CT molecular complexity index is 1050. The van der Waals surface area contributed by atoms with Crippen molar-refractivity contribution >= 4 is 27.4 Å². The maximum Gasteiger partial charge on any atom is 0.135 e. The first-order valence-corrected chi connectivity index (χ1v) is 9.50. The maximum atomic E-state index is 6.05. The van der Waals surface area contributed by atoms with Gasteiger partial charge in [0.2, 0.25) is 0 Å². The lowest BCUT2D eigenvalue weighted by atomic mass is 10.0. The van der Waals surface area contributed by atoms with Gasteiger partial charge in [0.05, 0.1) is 28.0 Å². The van der Waals surface area contributed by atoms with Crippen molar-refractivity contribution in [2.45, 2.75) is 26.8 Å². The summed E-state index contributed by atoms with van der Waals surface area (Å²) in [5, 5.41) is 0.900. The second kappa shape index (κ2) is 6.53. The van der Waals surface area contributed by atoms with Crippen molar-refractivity contribution < 1.29 is 0 Å². The van der Waals surface area contributed by atoms with E-state index in [9.17, 15) is 0 Å². The number of benzene rings is 1. The first-order chi connectivity index (χ1) is 12.6. The third-order valence-corrected chi connectivity index (χ3v) is 5.89. The van der Waals surface area contributed by atoms with E-state index in [1.165, 1.54) is 6.33 Å². The van der Waals surface area contributed by atoms with E-state index in [4.69, 9.17) is 10.7 Å². The fraction of sp³-hybridized carbons (Fsp3) is 0.250. The van der Waals surface area contributed by atoms with E-state index in [1.54, 1.807) is 11.3 Å². The van der Waals surface area contributed by atoms with Gasteiger partial charge in [0, 0.05) is 11.6 Å². The summed E-state index contributed by atoms with van der Waals surface area (Å²) in [6, 6.07) is 12.7. The Hall–Kier alpha value is -2.73. The highest BCUT2D eigenvalue weighted by Crippen LogP contribution is 2.40. The molecular weight excluding hydrogens is 342 g/mol. The Morgan fingerprint density at radius 2 is 1.81 bits per heavy atom. The van der Waals surface area contributed by atoms with Crippen molar-refractivity contribution in [3.05, 3.63) is 49.1 Å². The smallest absolute Gasteiger partial charge is 0.135 e. The highest BCUT2D eigenvalue weighted by atomic mass is 32.1. The predicted octanol–water partition coefficient (Wildman–Crippen LogP) is 5.02. The molecule has 3 heterocycles. The van der Waals surface area contributed by atoms with Crippen LogP contribution in [0.25, 0.3) is 32.0 Å². The number of nitrogens with zero attached hydrogens (tertiary/aromatic N) is 4. The van der Waals surface area contributed by atoms with Crippen molar-refractivity contribution in [2.24, 2.45) is 5.92 Å². The number of aromatic nitrogens is 4. The zero-order valence-corrected chi connectivity index (χ0v) is 15.9. The Kier molecular flexibility index (Phi) is 4.20. The molecule has 4 aromatic rings. The van der Waals surface area contributed by atoms with Gasteiger partial charge in [0.25, 0.3) is 0 Å². The number of hydrogen-bond donors (Lipinski definition) is 1. The molecule has 0 amide bonds. The molecular formula is C20H21N5S. The summed E-state index contributed by atoms with van der Waals surface area (Å²) in [5.41, 5.74) is 9.25. The van der Waals surface area contributed by atoms with Crippen LogP contribution < -0.4 is 5.73 Å². The minimum absolute atomic E-state index is 0.323. The van der Waals surface area contributed by atoms with Gasteiger partial charge in [0.15, 0.2) is 0 Å². The number of anilines is 1. The van der Waals surface area contributed by atoms with E-state index in [0.717, 1.165) is 32.0 Å². The highest BCUT2D eigenvalue weighted by molar-refractivity contribution is 7.21. The first-order valence-electron chi connectivity index (χ1n) is 8.69. The molecule has 4 rings (SSSR count). The normalized spacial score (nSPS) is 12.8. The quantitative estimate of drug-likeness (QED) is 0.552. The van der Waals surface area contributed by atoms with Crippen LogP contribution in [-0.2, 0) is 0 Å². The van der Waals surface area contributed by atoms with Crippen molar-refractivity contribution in [2.75, 3.05) is 5.73 Å². The number of nitrogens with two attached hydrogens (primary N) is 1. The van der Waals surface area contributed by atoms with Crippen molar-refractivity contribution in [3.63, 3.8) is 0 Å². The van der Waals surface area contributed by atoms with E-state index in [0.29, 0.717) is 17.8 Å². The van der Waals surface area contributed by atoms with Crippen LogP contribution in [0.5, 0.6) is 0 Å². The summed E-state index contributed by atoms with van der Waals surface area (Å²) in [5.74, 6) is 1.01. The second-order valence-electron chi connectivity index (χ2n) is 6.79. The molecule has 0 aliphatic carbocycles. The van der Waals surface area contributed by atoms with Gasteiger partial charge < -0.3 is 10.3 Å². The number of fused-ring (bicyclic) bond motifs is 1. The zero-order valence-electron chi connectivity index (χ0n) is 15.0. The maximum absolute atomic E-state index is 6.05. The van der Waals surface area contributed by atoms with Gasteiger partial charge in [-0.3, -0.25) is 0 Å². The summed E-state index contributed by atoms with van der Waals surface area (Å²) in [7, 11) is 0. The third kappa shape index (κ3) is 2.76. The van der Waals surface area contributed by atoms with E-state index in [-0.39, 0.29) is 0 Å². The Balaban J connectivity index is 1.97. The lowest BCUT2D eigenvalue weighted by molar-refractivity contribution is 0.411. The van der Waals surface area contributed by atoms with Crippen LogP contribution in [0.3, 0.4) is 0 Å². The van der Waals surface area contributed by atoms with Gasteiger partial charge in [-0.05, 0) is 18.9 Å². The van der Waals surface area contributed by atoms with Gasteiger partial charge in [-0.15, -0.1) is 11.3 Å². The average Bonchev–Trinajstić information content (AvgIpc) is 3.26. The lowest BCUT2D eigenvalue weighted by Gasteiger charge is -2.20. The zero-order chi connectivity index (χ0) is 18.3. The SMILES string of the molecule is CC(C)C(C)n1cnc(-c2ccccc2)c1-c1cc2c(N)ncnc2s1.